The van der Waals surface area contributed by atoms with E-state index in [2.05, 4.69) is 17.4 Å². The van der Waals surface area contributed by atoms with Crippen LogP contribution >= 0.6 is 0 Å². The Labute approximate surface area is 162 Å². The quantitative estimate of drug-likeness (QED) is 0.631. The number of rotatable bonds is 8. The lowest BCUT2D eigenvalue weighted by molar-refractivity contribution is 0.580. The van der Waals surface area contributed by atoms with Crippen LogP contribution < -0.4 is 5.32 Å². The molecule has 0 spiro atoms. The lowest BCUT2D eigenvalue weighted by Gasteiger charge is -2.22. The van der Waals surface area contributed by atoms with Gasteiger partial charge in [-0.15, -0.1) is 0 Å². The standard InChI is InChI=1S/C23H25NO2S/c1-2-27(25,26)22-16-10-9-15-21(22)23(20-13-7-4-8-14-20)24-18-17-19-11-5-3-6-12-19/h3-16,23-24H,2,17-18H2,1H3. The van der Waals surface area contributed by atoms with Crippen molar-refractivity contribution in [1.82, 2.24) is 5.32 Å². The molecule has 0 aromatic heterocycles. The van der Waals surface area contributed by atoms with E-state index in [0.29, 0.717) is 4.90 Å². The zero-order chi connectivity index (χ0) is 19.1. The maximum atomic E-state index is 12.6. The fraction of sp³-hybridized carbons (Fsp3) is 0.217. The van der Waals surface area contributed by atoms with Gasteiger partial charge in [0.15, 0.2) is 9.84 Å². The monoisotopic (exact) mass is 379 g/mol. The van der Waals surface area contributed by atoms with Crippen LogP contribution in [0.1, 0.15) is 29.7 Å². The van der Waals surface area contributed by atoms with Crippen molar-refractivity contribution >= 4 is 9.84 Å². The molecule has 1 atom stereocenters. The Hall–Kier alpha value is -2.43. The Morgan fingerprint density at radius 1 is 0.815 bits per heavy atom. The minimum absolute atomic E-state index is 0.0928. The molecule has 0 heterocycles. The van der Waals surface area contributed by atoms with E-state index in [4.69, 9.17) is 0 Å². The van der Waals surface area contributed by atoms with Crippen molar-refractivity contribution in [3.63, 3.8) is 0 Å². The highest BCUT2D eigenvalue weighted by molar-refractivity contribution is 7.91. The molecule has 27 heavy (non-hydrogen) atoms. The van der Waals surface area contributed by atoms with Crippen LogP contribution in [0.3, 0.4) is 0 Å². The first kappa shape index (κ1) is 19.3. The van der Waals surface area contributed by atoms with Gasteiger partial charge in [0.2, 0.25) is 0 Å². The van der Waals surface area contributed by atoms with Crippen molar-refractivity contribution in [1.29, 1.82) is 0 Å². The molecule has 140 valence electrons. The molecule has 0 bridgehead atoms. The predicted octanol–water partition coefficient (Wildman–Crippen LogP) is 4.40. The van der Waals surface area contributed by atoms with Crippen molar-refractivity contribution in [3.8, 4) is 0 Å². The third-order valence-corrected chi connectivity index (χ3v) is 6.48. The summed E-state index contributed by atoms with van der Waals surface area (Å²) in [6.07, 6.45) is 0.882. The van der Waals surface area contributed by atoms with Gasteiger partial charge < -0.3 is 5.32 Å². The third-order valence-electron chi connectivity index (χ3n) is 4.68. The van der Waals surface area contributed by atoms with Crippen molar-refractivity contribution in [2.45, 2.75) is 24.3 Å². The van der Waals surface area contributed by atoms with Gasteiger partial charge >= 0.3 is 0 Å². The summed E-state index contributed by atoms with van der Waals surface area (Å²) >= 11 is 0. The van der Waals surface area contributed by atoms with Gasteiger partial charge in [-0.3, -0.25) is 0 Å². The van der Waals surface area contributed by atoms with Crippen LogP contribution in [0.5, 0.6) is 0 Å². The van der Waals surface area contributed by atoms with Crippen LogP contribution in [0, 0.1) is 0 Å². The molecule has 3 nitrogen and oxygen atoms in total. The average Bonchev–Trinajstić information content (AvgIpc) is 2.73. The zero-order valence-corrected chi connectivity index (χ0v) is 16.3. The maximum absolute atomic E-state index is 12.6. The molecule has 1 N–H and O–H groups in total. The first-order chi connectivity index (χ1) is 13.1. The van der Waals surface area contributed by atoms with E-state index in [1.165, 1.54) is 5.56 Å². The smallest absolute Gasteiger partial charge is 0.178 e. The Morgan fingerprint density at radius 3 is 2.07 bits per heavy atom. The molecule has 0 aliphatic rings. The molecule has 0 saturated heterocycles. The SMILES string of the molecule is CCS(=O)(=O)c1ccccc1C(NCCc1ccccc1)c1ccccc1. The largest absolute Gasteiger partial charge is 0.306 e. The summed E-state index contributed by atoms with van der Waals surface area (Å²) in [5.41, 5.74) is 3.12. The molecule has 0 amide bonds. The van der Waals surface area contributed by atoms with E-state index >= 15 is 0 Å². The Balaban J connectivity index is 1.92. The molecule has 0 saturated carbocycles. The fourth-order valence-electron chi connectivity index (χ4n) is 3.22. The van der Waals surface area contributed by atoms with Crippen LogP contribution in [-0.4, -0.2) is 20.7 Å². The minimum Gasteiger partial charge on any atom is -0.306 e. The van der Waals surface area contributed by atoms with Gasteiger partial charge in [-0.25, -0.2) is 8.42 Å². The highest BCUT2D eigenvalue weighted by Gasteiger charge is 2.23. The van der Waals surface area contributed by atoms with Crippen LogP contribution in [-0.2, 0) is 16.3 Å². The van der Waals surface area contributed by atoms with Gasteiger partial charge in [-0.05, 0) is 29.2 Å². The van der Waals surface area contributed by atoms with Crippen LogP contribution in [0.4, 0.5) is 0 Å². The van der Waals surface area contributed by atoms with E-state index in [1.807, 2.05) is 60.7 Å². The summed E-state index contributed by atoms with van der Waals surface area (Å²) < 4.78 is 25.3. The lowest BCUT2D eigenvalue weighted by atomic mass is 9.98. The Bertz CT molecular complexity index is 954. The summed E-state index contributed by atoms with van der Waals surface area (Å²) in [6, 6.07) is 27.4. The van der Waals surface area contributed by atoms with Crippen molar-refractivity contribution < 1.29 is 8.42 Å². The molecule has 3 aromatic rings. The van der Waals surface area contributed by atoms with Crippen molar-refractivity contribution in [2.24, 2.45) is 0 Å². The maximum Gasteiger partial charge on any atom is 0.178 e. The first-order valence-electron chi connectivity index (χ1n) is 9.26. The molecular formula is C23H25NO2S. The van der Waals surface area contributed by atoms with E-state index in [0.717, 1.165) is 24.1 Å². The van der Waals surface area contributed by atoms with E-state index in [1.54, 1.807) is 19.1 Å². The van der Waals surface area contributed by atoms with Gasteiger partial charge in [0.25, 0.3) is 0 Å². The number of nitrogens with one attached hydrogen (secondary N) is 1. The Kier molecular flexibility index (Phi) is 6.43. The predicted molar refractivity (Wildman–Crippen MR) is 111 cm³/mol. The molecule has 1 unspecified atom stereocenters. The Morgan fingerprint density at radius 2 is 1.41 bits per heavy atom. The molecule has 4 heteroatoms. The van der Waals surface area contributed by atoms with Crippen LogP contribution in [0.15, 0.2) is 89.8 Å². The molecule has 0 fully saturated rings. The van der Waals surface area contributed by atoms with Gasteiger partial charge in [-0.2, -0.15) is 0 Å². The first-order valence-corrected chi connectivity index (χ1v) is 10.9. The van der Waals surface area contributed by atoms with Crippen LogP contribution in [0.25, 0.3) is 0 Å². The van der Waals surface area contributed by atoms with Crippen molar-refractivity contribution in [2.75, 3.05) is 12.3 Å². The van der Waals surface area contributed by atoms with Gasteiger partial charge in [0.05, 0.1) is 16.7 Å². The van der Waals surface area contributed by atoms with E-state index in [9.17, 15) is 8.42 Å². The number of benzene rings is 3. The second-order valence-electron chi connectivity index (χ2n) is 6.47. The summed E-state index contributed by atoms with van der Waals surface area (Å²) in [7, 11) is -3.30. The molecule has 3 rings (SSSR count). The molecular weight excluding hydrogens is 354 g/mol. The van der Waals surface area contributed by atoms with Crippen LogP contribution in [0.2, 0.25) is 0 Å². The molecule has 0 aliphatic heterocycles. The lowest BCUT2D eigenvalue weighted by Crippen LogP contribution is -2.26. The van der Waals surface area contributed by atoms with Gasteiger partial charge in [-0.1, -0.05) is 85.8 Å². The zero-order valence-electron chi connectivity index (χ0n) is 15.5. The van der Waals surface area contributed by atoms with E-state index in [-0.39, 0.29) is 11.8 Å². The van der Waals surface area contributed by atoms with E-state index < -0.39 is 9.84 Å². The summed E-state index contributed by atoms with van der Waals surface area (Å²) in [4.78, 5) is 0.411. The fourth-order valence-corrected chi connectivity index (χ4v) is 4.36. The summed E-state index contributed by atoms with van der Waals surface area (Å²) in [5.74, 6) is 0.0928. The van der Waals surface area contributed by atoms with Crippen molar-refractivity contribution in [3.05, 3.63) is 102 Å². The normalized spacial score (nSPS) is 12.6. The summed E-state index contributed by atoms with van der Waals surface area (Å²) in [6.45, 7) is 2.44. The highest BCUT2D eigenvalue weighted by Crippen LogP contribution is 2.28. The number of hydrogen-bond donors (Lipinski definition) is 1. The van der Waals surface area contributed by atoms with Gasteiger partial charge in [0, 0.05) is 6.54 Å². The second kappa shape index (κ2) is 8.98. The average molecular weight is 380 g/mol. The second-order valence-corrected chi connectivity index (χ2v) is 8.72. The molecule has 0 aliphatic carbocycles. The number of sulfone groups is 1. The third kappa shape index (κ3) is 4.85. The minimum atomic E-state index is -3.30. The molecule has 3 aromatic carbocycles. The topological polar surface area (TPSA) is 46.2 Å². The molecule has 0 radical (unpaired) electrons. The number of hydrogen-bond acceptors (Lipinski definition) is 3. The van der Waals surface area contributed by atoms with Gasteiger partial charge in [0.1, 0.15) is 0 Å². The highest BCUT2D eigenvalue weighted by atomic mass is 32.2. The summed E-state index contributed by atoms with van der Waals surface area (Å²) in [5, 5.41) is 3.57.